The minimum Gasteiger partial charge on any atom is -0.317 e. The van der Waals surface area contributed by atoms with Crippen molar-refractivity contribution >= 4 is 29.0 Å². The van der Waals surface area contributed by atoms with Crippen LogP contribution in [0.4, 0.5) is 16.2 Å². The minimum absolute atomic E-state index is 0.104. The molecule has 1 aliphatic carbocycles. The number of rotatable bonds is 6. The van der Waals surface area contributed by atoms with Crippen LogP contribution in [-0.2, 0) is 6.54 Å². The zero-order chi connectivity index (χ0) is 18.7. The van der Waals surface area contributed by atoms with Crippen LogP contribution in [-0.4, -0.2) is 21.9 Å². The summed E-state index contributed by atoms with van der Waals surface area (Å²) in [5.74, 6) is 0.511. The van der Waals surface area contributed by atoms with Crippen molar-refractivity contribution in [3.8, 4) is 0 Å². The van der Waals surface area contributed by atoms with E-state index in [0.717, 1.165) is 18.4 Å². The first-order chi connectivity index (χ1) is 12.5. The van der Waals surface area contributed by atoms with Crippen LogP contribution < -0.4 is 5.32 Å². The normalized spacial score (nSPS) is 14.5. The molecule has 6 nitrogen and oxygen atoms in total. The highest BCUT2D eigenvalue weighted by Crippen LogP contribution is 2.36. The van der Waals surface area contributed by atoms with Gasteiger partial charge in [-0.1, -0.05) is 41.9 Å². The number of hydrogen-bond acceptors (Lipinski definition) is 3. The molecule has 0 saturated heterocycles. The van der Waals surface area contributed by atoms with E-state index in [-0.39, 0.29) is 22.8 Å². The van der Waals surface area contributed by atoms with Gasteiger partial charge in [0, 0.05) is 24.7 Å². The van der Waals surface area contributed by atoms with Gasteiger partial charge in [0.05, 0.1) is 15.6 Å². The van der Waals surface area contributed by atoms with Gasteiger partial charge in [-0.15, -0.1) is 0 Å². The number of hydrogen-bond donors (Lipinski definition) is 1. The Labute approximate surface area is 156 Å². The van der Waals surface area contributed by atoms with E-state index < -0.39 is 4.92 Å². The Bertz CT molecular complexity index is 809. The highest BCUT2D eigenvalue weighted by atomic mass is 35.5. The van der Waals surface area contributed by atoms with Crippen LogP contribution in [0.15, 0.2) is 48.5 Å². The van der Waals surface area contributed by atoms with E-state index in [1.165, 1.54) is 18.2 Å². The lowest BCUT2D eigenvalue weighted by Gasteiger charge is -2.30. The van der Waals surface area contributed by atoms with Crippen LogP contribution in [0.25, 0.3) is 0 Å². The molecule has 2 amide bonds. The van der Waals surface area contributed by atoms with E-state index >= 15 is 0 Å². The fourth-order valence-corrected chi connectivity index (χ4v) is 3.14. The molecule has 26 heavy (non-hydrogen) atoms. The fourth-order valence-electron chi connectivity index (χ4n) is 2.92. The van der Waals surface area contributed by atoms with E-state index in [4.69, 9.17) is 11.6 Å². The smallest absolute Gasteiger partial charge is 0.317 e. The van der Waals surface area contributed by atoms with E-state index in [1.54, 1.807) is 4.90 Å². The van der Waals surface area contributed by atoms with Gasteiger partial charge in [0.2, 0.25) is 0 Å². The maximum atomic E-state index is 12.9. The Kier molecular flexibility index (Phi) is 5.42. The molecular formula is C19H20ClN3O3. The number of urea groups is 1. The van der Waals surface area contributed by atoms with Crippen molar-refractivity contribution in [1.82, 2.24) is 4.90 Å². The zero-order valence-corrected chi connectivity index (χ0v) is 15.1. The first-order valence-electron chi connectivity index (χ1n) is 8.51. The van der Waals surface area contributed by atoms with Crippen LogP contribution >= 0.6 is 11.6 Å². The summed E-state index contributed by atoms with van der Waals surface area (Å²) in [4.78, 5) is 25.0. The number of anilines is 1. The van der Waals surface area contributed by atoms with E-state index in [9.17, 15) is 14.9 Å². The molecule has 2 aromatic rings. The van der Waals surface area contributed by atoms with Crippen LogP contribution in [0.1, 0.15) is 25.3 Å². The van der Waals surface area contributed by atoms with Gasteiger partial charge in [-0.05, 0) is 37.3 Å². The van der Waals surface area contributed by atoms with Crippen molar-refractivity contribution < 1.29 is 9.72 Å². The molecule has 0 spiro atoms. The lowest BCUT2D eigenvalue weighted by atomic mass is 10.1. The number of carbonyl (C=O) groups excluding carboxylic acids is 1. The SMILES string of the molecule is CC(C1CC1)N(Cc1ccccc1)C(=O)Nc1ccc([N+](=O)[O-])cc1Cl. The van der Waals surface area contributed by atoms with Crippen molar-refractivity contribution in [2.75, 3.05) is 5.32 Å². The maximum absolute atomic E-state index is 12.9. The molecule has 1 aliphatic rings. The molecule has 0 heterocycles. The number of amides is 2. The quantitative estimate of drug-likeness (QED) is 0.566. The molecule has 136 valence electrons. The van der Waals surface area contributed by atoms with Gasteiger partial charge in [0.15, 0.2) is 0 Å². The predicted molar refractivity (Wildman–Crippen MR) is 101 cm³/mol. The third-order valence-electron chi connectivity index (χ3n) is 4.66. The molecule has 0 aromatic heterocycles. The number of nitro groups is 1. The first-order valence-corrected chi connectivity index (χ1v) is 8.89. The number of halogens is 1. The maximum Gasteiger partial charge on any atom is 0.322 e. The molecule has 3 rings (SSSR count). The number of nitrogens with one attached hydrogen (secondary N) is 1. The Balaban J connectivity index is 1.78. The lowest BCUT2D eigenvalue weighted by molar-refractivity contribution is -0.384. The summed E-state index contributed by atoms with van der Waals surface area (Å²) in [6.07, 6.45) is 2.25. The summed E-state index contributed by atoms with van der Waals surface area (Å²) in [7, 11) is 0. The van der Waals surface area contributed by atoms with Crippen molar-refractivity contribution in [3.05, 3.63) is 69.2 Å². The van der Waals surface area contributed by atoms with Crippen molar-refractivity contribution in [2.45, 2.75) is 32.4 Å². The molecule has 2 aromatic carbocycles. The van der Waals surface area contributed by atoms with Gasteiger partial charge in [-0.2, -0.15) is 0 Å². The number of carbonyl (C=O) groups is 1. The molecule has 0 aliphatic heterocycles. The Morgan fingerprint density at radius 1 is 1.31 bits per heavy atom. The van der Waals surface area contributed by atoms with Crippen molar-refractivity contribution in [2.24, 2.45) is 5.92 Å². The standard InChI is InChI=1S/C19H20ClN3O3/c1-13(15-7-8-15)22(12-14-5-3-2-4-6-14)19(24)21-18-10-9-16(23(25)26)11-17(18)20/h2-6,9-11,13,15H,7-8,12H2,1H3,(H,21,24). The second kappa shape index (κ2) is 7.74. The van der Waals surface area contributed by atoms with Crippen LogP contribution in [0.3, 0.4) is 0 Å². The summed E-state index contributed by atoms with van der Waals surface area (Å²) in [5, 5.41) is 13.8. The number of non-ortho nitro benzene ring substituents is 1. The van der Waals surface area contributed by atoms with Crippen LogP contribution in [0.5, 0.6) is 0 Å². The molecule has 1 fully saturated rings. The number of benzene rings is 2. The predicted octanol–water partition coefficient (Wildman–Crippen LogP) is 5.08. The van der Waals surface area contributed by atoms with Crippen LogP contribution in [0, 0.1) is 16.0 Å². The summed E-state index contributed by atoms with van der Waals surface area (Å²) < 4.78 is 0. The average molecular weight is 374 g/mol. The molecule has 0 radical (unpaired) electrons. The third kappa shape index (κ3) is 4.32. The molecule has 1 saturated carbocycles. The van der Waals surface area contributed by atoms with Crippen molar-refractivity contribution in [3.63, 3.8) is 0 Å². The highest BCUT2D eigenvalue weighted by Gasteiger charge is 2.34. The van der Waals surface area contributed by atoms with Gasteiger partial charge >= 0.3 is 6.03 Å². The van der Waals surface area contributed by atoms with Crippen LogP contribution in [0.2, 0.25) is 5.02 Å². The Morgan fingerprint density at radius 2 is 2.00 bits per heavy atom. The number of nitro benzene ring substituents is 1. The van der Waals surface area contributed by atoms with Crippen molar-refractivity contribution in [1.29, 1.82) is 0 Å². The molecule has 1 N–H and O–H groups in total. The van der Waals surface area contributed by atoms with Gasteiger partial charge in [0.25, 0.3) is 5.69 Å². The van der Waals surface area contributed by atoms with E-state index in [2.05, 4.69) is 12.2 Å². The topological polar surface area (TPSA) is 75.5 Å². The fraction of sp³-hybridized carbons (Fsp3) is 0.316. The summed E-state index contributed by atoms with van der Waals surface area (Å²) in [5.41, 5.74) is 1.30. The first kappa shape index (κ1) is 18.2. The summed E-state index contributed by atoms with van der Waals surface area (Å²) in [6, 6.07) is 13.7. The zero-order valence-electron chi connectivity index (χ0n) is 14.4. The minimum atomic E-state index is -0.519. The van der Waals surface area contributed by atoms with E-state index in [0.29, 0.717) is 18.2 Å². The largest absolute Gasteiger partial charge is 0.322 e. The molecule has 1 atom stereocenters. The Morgan fingerprint density at radius 3 is 2.58 bits per heavy atom. The molecule has 1 unspecified atom stereocenters. The van der Waals surface area contributed by atoms with Gasteiger partial charge in [0.1, 0.15) is 0 Å². The molecule has 7 heteroatoms. The summed E-state index contributed by atoms with van der Waals surface area (Å²) >= 11 is 6.10. The Hall–Kier alpha value is -2.60. The second-order valence-corrected chi connectivity index (χ2v) is 6.95. The lowest BCUT2D eigenvalue weighted by Crippen LogP contribution is -2.42. The highest BCUT2D eigenvalue weighted by molar-refractivity contribution is 6.33. The van der Waals surface area contributed by atoms with Gasteiger partial charge < -0.3 is 10.2 Å². The van der Waals surface area contributed by atoms with Gasteiger partial charge in [-0.25, -0.2) is 4.79 Å². The molecule has 0 bridgehead atoms. The van der Waals surface area contributed by atoms with Gasteiger partial charge in [-0.3, -0.25) is 10.1 Å². The molecular weight excluding hydrogens is 354 g/mol. The monoisotopic (exact) mass is 373 g/mol. The summed E-state index contributed by atoms with van der Waals surface area (Å²) in [6.45, 7) is 2.55. The number of nitrogens with zero attached hydrogens (tertiary/aromatic N) is 2. The second-order valence-electron chi connectivity index (χ2n) is 6.54. The third-order valence-corrected chi connectivity index (χ3v) is 4.97. The average Bonchev–Trinajstić information content (AvgIpc) is 3.46. The van der Waals surface area contributed by atoms with E-state index in [1.807, 2.05) is 30.3 Å².